The molecule has 2 aliphatic rings. The average molecular weight is 2270 g/mol. The Bertz CT molecular complexity index is 8010. The number of rotatable bonds is 15. The van der Waals surface area contributed by atoms with E-state index < -0.39 is 17.9 Å². The van der Waals surface area contributed by atoms with Crippen LogP contribution in [0.25, 0.3) is 88.2 Å². The predicted octanol–water partition coefficient (Wildman–Crippen LogP) is 29.1. The van der Waals surface area contributed by atoms with Crippen LogP contribution in [0.15, 0.2) is 324 Å². The normalized spacial score (nSPS) is 11.7. The molecular weight excluding hydrogens is 2170 g/mol. The van der Waals surface area contributed by atoms with E-state index in [1.54, 1.807) is 203 Å². The van der Waals surface area contributed by atoms with Gasteiger partial charge in [-0.25, -0.2) is 0 Å². The van der Waals surface area contributed by atoms with Crippen LogP contribution in [0.3, 0.4) is 0 Å². The Balaban J connectivity index is 0.000000173. The first kappa shape index (κ1) is 116. The molecule has 0 fully saturated rings. The minimum Gasteiger partial charge on any atom is -0.507 e. The molecule has 0 bridgehead atoms. The van der Waals surface area contributed by atoms with Gasteiger partial charge in [0.25, 0.3) is 11.8 Å². The van der Waals surface area contributed by atoms with E-state index in [4.69, 9.17) is 136 Å². The van der Waals surface area contributed by atoms with E-state index in [0.29, 0.717) is 180 Å². The monoisotopic (exact) mass is 2260 g/mol. The number of amides is 2. The topological polar surface area (TPSA) is 372 Å². The third-order valence-electron chi connectivity index (χ3n) is 22.0. The largest absolute Gasteiger partial charge is 0.507 e. The Labute approximate surface area is 900 Å². The Morgan fingerprint density at radius 1 is 0.395 bits per heavy atom. The number of carbonyl (C=O) groups is 8. The van der Waals surface area contributed by atoms with E-state index >= 15 is 0 Å². The van der Waals surface area contributed by atoms with Crippen molar-refractivity contribution in [3.63, 3.8) is 0 Å². The van der Waals surface area contributed by atoms with Gasteiger partial charge in [-0.3, -0.25) is 67.2 Å². The molecule has 6 heterocycles. The minimum atomic E-state index is -0.807. The molecule has 12 aromatic carbocycles. The number of phenols is 1. The molecule has 147 heavy (non-hydrogen) atoms. The van der Waals surface area contributed by atoms with Crippen LogP contribution in [0.5, 0.6) is 11.5 Å². The number of carbonyl (C=O) groups excluding carboxylic acids is 8. The zero-order valence-electron chi connectivity index (χ0n) is 80.4. The molecule has 2 unspecified atom stereocenters. The smallest absolute Gasteiger partial charge is 0.310 e. The summed E-state index contributed by atoms with van der Waals surface area (Å²) in [5.41, 5.74) is 17.6. The Morgan fingerprint density at radius 2 is 0.735 bits per heavy atom. The lowest BCUT2D eigenvalue weighted by Gasteiger charge is -2.24. The summed E-state index contributed by atoms with van der Waals surface area (Å²) < 4.78 is 34.5. The van der Waals surface area contributed by atoms with Gasteiger partial charge in [-0.15, -0.1) is 0 Å². The summed E-state index contributed by atoms with van der Waals surface area (Å²) in [5, 5.41) is 13.5. The number of phenolic OH excluding ortho intramolecular Hbond substituents is 1. The predicted molar refractivity (Wildman–Crippen MR) is 592 cm³/mol. The zero-order chi connectivity index (χ0) is 107. The number of alkyl halides is 1. The quantitative estimate of drug-likeness (QED) is 0.0163. The fourth-order valence-corrected chi connectivity index (χ4v) is 17.7. The molecular formula is C114H95Br2Cl8N3O20. The molecule has 5 aromatic heterocycles. The van der Waals surface area contributed by atoms with E-state index in [0.717, 1.165) is 16.0 Å². The first-order chi connectivity index (χ1) is 70.3. The molecule has 0 saturated carbocycles. The SMILES string of the molecule is CC(=O)c1c(O)cccc1Cl.CC(Br)c1oc2cccc(Cl)c2c(=O)c1-c1ccccc1.CC(c1oc2cccc(Cl)c2c(=O)c1-c1ccccc1)N1C(=O)c2ccccc2C1=O.CCC(=O)Cl.CCC(=O)Oc1cccc(Cl)c1C(C)=O.CCc1cc(=O)c2c(Cl)cccc2o1.CCc1oc2cccc(Cl)c2c(=O)c1-c1ccccc1.CCc1oc2cccc(Cl)c2c(=O)c1Br.NCCN.O=C1CC(=O)c2ccccc21. The number of ketones is 4. The lowest BCUT2D eigenvalue weighted by Crippen LogP contribution is -2.33. The Morgan fingerprint density at radius 3 is 1.12 bits per heavy atom. The second kappa shape index (κ2) is 54.9. The number of nitrogens with zero attached hydrogens (tertiary/aromatic N) is 1. The van der Waals surface area contributed by atoms with Crippen LogP contribution in [-0.2, 0) is 28.9 Å². The van der Waals surface area contributed by atoms with Crippen LogP contribution in [0.4, 0.5) is 0 Å². The fraction of sp³-hybridized carbons (Fsp3) is 0.167. The van der Waals surface area contributed by atoms with Gasteiger partial charge in [-0.2, -0.15) is 0 Å². The molecule has 2 atom stereocenters. The molecule has 1 aliphatic heterocycles. The van der Waals surface area contributed by atoms with Crippen molar-refractivity contribution >= 4 is 226 Å². The Hall–Kier alpha value is -13.4. The maximum absolute atomic E-state index is 13.5. The molecule has 23 nitrogen and oxygen atoms in total. The highest BCUT2D eigenvalue weighted by molar-refractivity contribution is 9.10. The number of halogens is 10. The highest BCUT2D eigenvalue weighted by Crippen LogP contribution is 2.41. The van der Waals surface area contributed by atoms with Crippen molar-refractivity contribution in [3.8, 4) is 44.9 Å². The average Bonchev–Trinajstić information content (AvgIpc) is 1.17. The lowest BCUT2D eigenvalue weighted by molar-refractivity contribution is -0.134. The number of hydrogen-bond acceptors (Lipinski definition) is 22. The number of aryl methyl sites for hydroxylation is 3. The summed E-state index contributed by atoms with van der Waals surface area (Å²) in [4.78, 5) is 155. The van der Waals surface area contributed by atoms with Gasteiger partial charge in [-0.1, -0.05) is 302 Å². The molecule has 0 saturated heterocycles. The van der Waals surface area contributed by atoms with Crippen LogP contribution in [-0.4, -0.2) is 69.3 Å². The van der Waals surface area contributed by atoms with Gasteiger partial charge in [0.15, 0.2) is 28.6 Å². The zero-order valence-corrected chi connectivity index (χ0v) is 89.6. The third-order valence-corrected chi connectivity index (χ3v) is 25.7. The molecule has 0 radical (unpaired) electrons. The fourth-order valence-electron chi connectivity index (χ4n) is 15.0. The second-order valence-corrected chi connectivity index (χ2v) is 37.3. The lowest BCUT2D eigenvalue weighted by atomic mass is 9.98. The van der Waals surface area contributed by atoms with Gasteiger partial charge >= 0.3 is 5.97 Å². The van der Waals surface area contributed by atoms with Crippen molar-refractivity contribution in [1.82, 2.24) is 4.90 Å². The van der Waals surface area contributed by atoms with E-state index in [-0.39, 0.29) is 129 Å². The van der Waals surface area contributed by atoms with Crippen LogP contribution in [0, 0.1) is 0 Å². The molecule has 33 heteroatoms. The first-order valence-electron chi connectivity index (χ1n) is 45.7. The summed E-state index contributed by atoms with van der Waals surface area (Å²) >= 11 is 53.5. The molecule has 0 spiro atoms. The molecule has 756 valence electrons. The number of esters is 1. The van der Waals surface area contributed by atoms with Crippen LogP contribution in [0.1, 0.15) is 183 Å². The van der Waals surface area contributed by atoms with Gasteiger partial charge in [0, 0.05) is 62.4 Å². The molecule has 2 amide bonds. The van der Waals surface area contributed by atoms with Crippen molar-refractivity contribution in [2.45, 2.75) is 112 Å². The van der Waals surface area contributed by atoms with E-state index in [1.807, 2.05) is 107 Å². The molecule has 5 N–H and O–H groups in total. The van der Waals surface area contributed by atoms with Crippen LogP contribution < -0.4 is 43.3 Å². The summed E-state index contributed by atoms with van der Waals surface area (Å²) in [7, 11) is 0. The van der Waals surface area contributed by atoms with E-state index in [9.17, 15) is 62.3 Å². The van der Waals surface area contributed by atoms with E-state index in [1.165, 1.54) is 26.0 Å². The highest BCUT2D eigenvalue weighted by Gasteiger charge is 2.41. The molecule has 17 aromatic rings. The van der Waals surface area contributed by atoms with Crippen molar-refractivity contribution in [1.29, 1.82) is 0 Å². The van der Waals surface area contributed by atoms with Gasteiger partial charge in [0.05, 0.1) is 118 Å². The maximum atomic E-state index is 13.5. The molecule has 1 aliphatic carbocycles. The molecule has 19 rings (SSSR count). The summed E-state index contributed by atoms with van der Waals surface area (Å²) in [6, 6.07) is 77.6. The minimum absolute atomic E-state index is 0.0504. The number of nitrogens with two attached hydrogens (primary N) is 2. The van der Waals surface area contributed by atoms with Crippen molar-refractivity contribution < 1.29 is 70.3 Å². The standard InChI is InChI=1S/C25H16ClNO4.C17H12BrClO2.C17H13ClO2.C11H8BrClO2.C11H11ClO3.C11H9ClO2.C9H6O2.C8H7ClO2.C3H5ClO.C2H8N2/c1-14(27-24(29)16-10-5-6-11-17(16)25(27)30)23-20(15-8-3-2-4-9-15)22(28)21-18(26)12-7-13-19(21)31-23;1-10(18)17-14(11-6-3-2-4-7-11)16(20)15-12(19)8-5-9-13(15)21-17;1-2-13-15(11-7-4-3-5-8-11)17(19)16-12(18)9-6-10-14(16)20-13;1-2-7-10(12)11(14)9-6(13)4-3-5-8(9)15-7;1-3-10(14)15-9-6-4-5-8(12)11(9)7(2)13;1-2-7-6-9(13)11-8(12)4-3-5-10(11)14-7;10-8-5-9(11)7-4-2-1-3-6(7)8;1-5(10)8-6(9)3-2-4-7(8)11;1-2-3(4)5;3-1-2-4/h2-14H,1H3;2-10H,1H3;3-10H,2H2,1H3;3-5H,2H2,1H3;4-6H,3H2,1-2H3;3-6H,2H2,1H3;1-4H,5H2;2-4,11H,1H3;2H2,1H3;1-4H2. The number of aromatic hydroxyl groups is 1. The van der Waals surface area contributed by atoms with Crippen molar-refractivity contribution in [2.24, 2.45) is 11.5 Å². The number of Topliss-reactive ketones (excluding diaryl/α,β-unsaturated/α-hetero) is 4. The maximum Gasteiger partial charge on any atom is 0.310 e. The number of hydrogen-bond donors (Lipinski definition) is 3. The number of fused-ring (bicyclic) bond motifs is 7. The summed E-state index contributed by atoms with van der Waals surface area (Å²) in [6.45, 7) is 16.8. The Kier molecular flexibility index (Phi) is 43.2. The summed E-state index contributed by atoms with van der Waals surface area (Å²) in [6.07, 6.45) is 2.77. The highest BCUT2D eigenvalue weighted by atomic mass is 79.9. The van der Waals surface area contributed by atoms with Crippen molar-refractivity contribution in [3.05, 3.63) is 426 Å². The number of imide groups is 1. The van der Waals surface area contributed by atoms with Crippen LogP contribution >= 0.6 is 125 Å². The van der Waals surface area contributed by atoms with Crippen molar-refractivity contribution in [2.75, 3.05) is 13.1 Å². The van der Waals surface area contributed by atoms with Gasteiger partial charge in [0.1, 0.15) is 72.7 Å². The third kappa shape index (κ3) is 28.5. The van der Waals surface area contributed by atoms with Gasteiger partial charge in [-0.05, 0) is 169 Å². The van der Waals surface area contributed by atoms with Gasteiger partial charge in [0.2, 0.25) is 27.0 Å². The number of ether oxygens (including phenoxy) is 1. The van der Waals surface area contributed by atoms with Crippen LogP contribution in [0.2, 0.25) is 35.2 Å². The second-order valence-electron chi connectivity index (χ2n) is 31.9. The van der Waals surface area contributed by atoms with E-state index in [2.05, 4.69) is 31.9 Å². The van der Waals surface area contributed by atoms with Gasteiger partial charge < -0.3 is 43.4 Å². The first-order valence-corrected chi connectivity index (χ1v) is 50.4. The summed E-state index contributed by atoms with van der Waals surface area (Å²) in [5.74, 6) is 1.26. The number of benzene rings is 12.